The van der Waals surface area contributed by atoms with Crippen molar-refractivity contribution in [3.05, 3.63) is 30.6 Å². The minimum atomic E-state index is -1.63. The minimum absolute atomic E-state index is 0.00842. The van der Waals surface area contributed by atoms with Crippen molar-refractivity contribution in [2.24, 2.45) is 0 Å². The van der Waals surface area contributed by atoms with Gasteiger partial charge in [-0.15, -0.1) is 0 Å². The van der Waals surface area contributed by atoms with Gasteiger partial charge in [-0.25, -0.2) is 19.0 Å². The Balaban J connectivity index is 2.23. The third-order valence-corrected chi connectivity index (χ3v) is 6.16. The van der Waals surface area contributed by atoms with Gasteiger partial charge >= 0.3 is 17.6 Å². The number of ether oxygens (including phenoxy) is 2. The maximum atomic E-state index is 13.6. The van der Waals surface area contributed by atoms with Crippen LogP contribution in [0.4, 0.5) is 0 Å². The molecule has 0 saturated carbocycles. The molecule has 13 heteroatoms. The Morgan fingerprint density at radius 1 is 0.909 bits per heavy atom. The van der Waals surface area contributed by atoms with Crippen LogP contribution in [0.15, 0.2) is 15.8 Å². The summed E-state index contributed by atoms with van der Waals surface area (Å²) in [6.45, 7) is 3.51. The molecule has 0 radical (unpaired) electrons. The van der Waals surface area contributed by atoms with Gasteiger partial charge in [0.15, 0.2) is 0 Å². The highest BCUT2D eigenvalue weighted by atomic mass is 127. The molecule has 2 amide bonds. The average molecular weight is 576 g/mol. The number of rotatable bonds is 8. The van der Waals surface area contributed by atoms with Crippen molar-refractivity contribution in [1.29, 1.82) is 0 Å². The maximum Gasteiger partial charge on any atom is 0.350 e. The highest BCUT2D eigenvalue weighted by molar-refractivity contribution is 14.1. The molecular weight excluding hydrogens is 551 g/mol. The number of hydrogen-bond donors (Lipinski definition) is 0. The Morgan fingerprint density at radius 3 is 1.85 bits per heavy atom. The molecule has 2 fully saturated rings. The Morgan fingerprint density at radius 2 is 1.39 bits per heavy atom. The van der Waals surface area contributed by atoms with Gasteiger partial charge in [-0.05, 0) is 49.3 Å². The number of nitrogens with zero attached hydrogens (tertiary/aromatic N) is 4. The van der Waals surface area contributed by atoms with Gasteiger partial charge in [0.25, 0.3) is 5.56 Å². The summed E-state index contributed by atoms with van der Waals surface area (Å²) in [5.74, 6) is -2.53. The van der Waals surface area contributed by atoms with Gasteiger partial charge in [-0.1, -0.05) is 0 Å². The molecule has 2 aliphatic heterocycles. The molecule has 1 aromatic heterocycles. The number of likely N-dealkylation sites (tertiary alicyclic amines) is 2. The van der Waals surface area contributed by atoms with Gasteiger partial charge in [-0.3, -0.25) is 19.0 Å². The predicted octanol–water partition coefficient (Wildman–Crippen LogP) is -0.0172. The van der Waals surface area contributed by atoms with E-state index < -0.39 is 41.4 Å². The number of halogens is 1. The molecule has 0 aliphatic carbocycles. The summed E-state index contributed by atoms with van der Waals surface area (Å²) in [6.07, 6.45) is -0.610. The van der Waals surface area contributed by atoms with Crippen LogP contribution in [0.2, 0.25) is 0 Å². The molecule has 12 nitrogen and oxygen atoms in total. The molecule has 0 aromatic carbocycles. The highest BCUT2D eigenvalue weighted by Crippen LogP contribution is 2.24. The zero-order valence-electron chi connectivity index (χ0n) is 18.3. The normalized spacial score (nSPS) is 17.9. The number of carbonyl (C=O) groups excluding carboxylic acids is 4. The quantitative estimate of drug-likeness (QED) is 0.311. The van der Waals surface area contributed by atoms with E-state index in [0.717, 1.165) is 15.7 Å². The van der Waals surface area contributed by atoms with Crippen LogP contribution >= 0.6 is 22.6 Å². The zero-order chi connectivity index (χ0) is 24.3. The molecule has 2 atom stereocenters. The van der Waals surface area contributed by atoms with E-state index in [4.69, 9.17) is 9.47 Å². The van der Waals surface area contributed by atoms with Crippen LogP contribution in [-0.4, -0.2) is 69.0 Å². The first-order valence-electron chi connectivity index (χ1n) is 10.7. The van der Waals surface area contributed by atoms with E-state index in [2.05, 4.69) is 0 Å². The van der Waals surface area contributed by atoms with Gasteiger partial charge in [0.05, 0.1) is 16.8 Å². The highest BCUT2D eigenvalue weighted by Gasteiger charge is 2.41. The first-order chi connectivity index (χ1) is 15.7. The Bertz CT molecular complexity index is 1080. The van der Waals surface area contributed by atoms with Crippen LogP contribution in [-0.2, 0) is 28.7 Å². The van der Waals surface area contributed by atoms with Crippen molar-refractivity contribution in [2.45, 2.75) is 51.9 Å². The third kappa shape index (κ3) is 4.82. The van der Waals surface area contributed by atoms with Crippen molar-refractivity contribution in [1.82, 2.24) is 18.9 Å². The smallest absolute Gasteiger partial charge is 0.350 e. The fourth-order valence-electron chi connectivity index (χ4n) is 4.00. The lowest BCUT2D eigenvalue weighted by atomic mass is 10.3. The van der Waals surface area contributed by atoms with E-state index in [1.165, 1.54) is 4.90 Å². The van der Waals surface area contributed by atoms with E-state index in [0.29, 0.717) is 17.4 Å². The predicted molar refractivity (Wildman–Crippen MR) is 121 cm³/mol. The molecule has 180 valence electrons. The van der Waals surface area contributed by atoms with Gasteiger partial charge < -0.3 is 19.3 Å². The standard InChI is InChI=1S/C20H25IN4O8/c1-3-32-18(29)15(22-9-5-7-13(22)26)24-11-12(21)17(28)25(20(24)31)16(19(30)33-4-2)23-10-6-8-14(23)27/h11,15-16H,3-10H2,1-2H3/t15-,16-/m0/s1. The van der Waals surface area contributed by atoms with E-state index >= 15 is 0 Å². The first kappa shape index (κ1) is 24.9. The molecule has 3 rings (SSSR count). The summed E-state index contributed by atoms with van der Waals surface area (Å²) >= 11 is 1.68. The van der Waals surface area contributed by atoms with Crippen molar-refractivity contribution < 1.29 is 28.7 Å². The summed E-state index contributed by atoms with van der Waals surface area (Å²) in [5.41, 5.74) is -1.85. The lowest BCUT2D eigenvalue weighted by Crippen LogP contribution is -2.54. The number of esters is 2. The molecule has 0 bridgehead atoms. The topological polar surface area (TPSA) is 137 Å². The fourth-order valence-corrected chi connectivity index (χ4v) is 4.56. The van der Waals surface area contributed by atoms with E-state index in [1.54, 1.807) is 36.4 Å². The second kappa shape index (κ2) is 10.5. The van der Waals surface area contributed by atoms with Crippen molar-refractivity contribution in [3.63, 3.8) is 0 Å². The molecule has 1 aromatic rings. The lowest BCUT2D eigenvalue weighted by molar-refractivity contribution is -0.159. The molecular formula is C20H25IN4O8. The number of hydrogen-bond acceptors (Lipinski definition) is 8. The second-order valence-corrected chi connectivity index (χ2v) is 8.64. The zero-order valence-corrected chi connectivity index (χ0v) is 20.5. The molecule has 0 spiro atoms. The molecule has 2 aliphatic rings. The van der Waals surface area contributed by atoms with Crippen LogP contribution in [0.3, 0.4) is 0 Å². The van der Waals surface area contributed by atoms with Crippen LogP contribution in [0, 0.1) is 3.57 Å². The van der Waals surface area contributed by atoms with Gasteiger partial charge in [-0.2, -0.15) is 0 Å². The monoisotopic (exact) mass is 576 g/mol. The summed E-state index contributed by atoms with van der Waals surface area (Å²) in [5, 5.41) is 0. The Kier molecular flexibility index (Phi) is 7.92. The van der Waals surface area contributed by atoms with E-state index in [-0.39, 0.29) is 48.6 Å². The summed E-state index contributed by atoms with van der Waals surface area (Å²) in [7, 11) is 0. The molecule has 3 heterocycles. The summed E-state index contributed by atoms with van der Waals surface area (Å²) in [6, 6.07) is 0. The van der Waals surface area contributed by atoms with E-state index in [9.17, 15) is 28.8 Å². The average Bonchev–Trinajstić information content (AvgIpc) is 3.38. The van der Waals surface area contributed by atoms with Gasteiger partial charge in [0.1, 0.15) is 0 Å². The van der Waals surface area contributed by atoms with Gasteiger partial charge in [0.2, 0.25) is 24.1 Å². The Labute approximate surface area is 202 Å². The molecule has 33 heavy (non-hydrogen) atoms. The van der Waals surface area contributed by atoms with Crippen LogP contribution in [0.25, 0.3) is 0 Å². The molecule has 0 unspecified atom stereocenters. The van der Waals surface area contributed by atoms with Crippen molar-refractivity contribution in [2.75, 3.05) is 26.3 Å². The fraction of sp³-hybridized carbons (Fsp3) is 0.600. The number of amides is 2. The minimum Gasteiger partial charge on any atom is -0.463 e. The third-order valence-electron chi connectivity index (χ3n) is 5.42. The largest absolute Gasteiger partial charge is 0.463 e. The van der Waals surface area contributed by atoms with E-state index in [1.807, 2.05) is 0 Å². The van der Waals surface area contributed by atoms with Crippen LogP contribution < -0.4 is 11.2 Å². The van der Waals surface area contributed by atoms with Gasteiger partial charge in [0, 0.05) is 32.1 Å². The SMILES string of the molecule is CCOC(=O)[C@@H](N1CCCC1=O)n1cc(I)c(=O)n([C@@H](C(=O)OCC)N2CCCC2=O)c1=O. The second-order valence-electron chi connectivity index (χ2n) is 7.47. The lowest BCUT2D eigenvalue weighted by Gasteiger charge is -2.30. The summed E-state index contributed by atoms with van der Waals surface area (Å²) in [4.78, 5) is 79.5. The van der Waals surface area contributed by atoms with Crippen LogP contribution in [0.5, 0.6) is 0 Å². The van der Waals surface area contributed by atoms with Crippen molar-refractivity contribution in [3.8, 4) is 0 Å². The molecule has 2 saturated heterocycles. The number of aromatic nitrogens is 2. The first-order valence-corrected chi connectivity index (χ1v) is 11.8. The number of carbonyl (C=O) groups is 4. The maximum absolute atomic E-state index is 13.6. The Hall–Kier alpha value is -2.71. The molecule has 0 N–H and O–H groups in total. The summed E-state index contributed by atoms with van der Waals surface area (Å²) < 4.78 is 11.7. The van der Waals surface area contributed by atoms with Crippen LogP contribution in [0.1, 0.15) is 51.9 Å². The van der Waals surface area contributed by atoms with Crippen molar-refractivity contribution >= 4 is 46.3 Å².